The zero-order valence-corrected chi connectivity index (χ0v) is 16.1. The van der Waals surface area contributed by atoms with Gasteiger partial charge >= 0.3 is 0 Å². The minimum atomic E-state index is -0.292. The molecule has 0 aromatic heterocycles. The Bertz CT molecular complexity index is 914. The molecule has 152 valence electrons. The molecule has 1 amide bonds. The van der Waals surface area contributed by atoms with Gasteiger partial charge in [-0.2, -0.15) is 0 Å². The molecule has 1 saturated carbocycles. The number of likely N-dealkylation sites (tertiary alicyclic amines) is 1. The van der Waals surface area contributed by atoms with E-state index in [9.17, 15) is 13.6 Å². The monoisotopic (exact) mass is 398 g/mol. The van der Waals surface area contributed by atoms with E-state index in [4.69, 9.17) is 4.74 Å². The lowest BCUT2D eigenvalue weighted by molar-refractivity contribution is -0.126. The first-order chi connectivity index (χ1) is 14.1. The highest BCUT2D eigenvalue weighted by Gasteiger charge is 2.49. The lowest BCUT2D eigenvalue weighted by Gasteiger charge is -2.34. The second-order valence-corrected chi connectivity index (χ2v) is 8.45. The average Bonchev–Trinajstić information content (AvgIpc) is 3.46. The van der Waals surface area contributed by atoms with Crippen molar-refractivity contribution in [2.24, 2.45) is 17.8 Å². The number of amides is 1. The fourth-order valence-electron chi connectivity index (χ4n) is 4.72. The van der Waals surface area contributed by atoms with Crippen molar-refractivity contribution in [1.29, 1.82) is 0 Å². The predicted molar refractivity (Wildman–Crippen MR) is 104 cm³/mol. The van der Waals surface area contributed by atoms with Crippen LogP contribution in [0.1, 0.15) is 30.0 Å². The quantitative estimate of drug-likeness (QED) is 0.836. The van der Waals surface area contributed by atoms with E-state index in [1.165, 1.54) is 31.0 Å². The molecule has 0 bridgehead atoms. The lowest BCUT2D eigenvalue weighted by atomic mass is 9.84. The van der Waals surface area contributed by atoms with Gasteiger partial charge in [-0.25, -0.2) is 8.78 Å². The number of carbonyl (C=O) groups excluding carboxylic acids is 1. The highest BCUT2D eigenvalue weighted by atomic mass is 19.1. The molecule has 3 aliphatic rings. The van der Waals surface area contributed by atoms with Crippen LogP contribution in [0.4, 0.5) is 8.78 Å². The summed E-state index contributed by atoms with van der Waals surface area (Å²) in [7, 11) is 0. The number of hydrogen-bond donors (Lipinski definition) is 1. The number of nitrogens with one attached hydrogen (secondary N) is 1. The maximum atomic E-state index is 14.0. The van der Waals surface area contributed by atoms with E-state index in [1.807, 2.05) is 0 Å². The minimum absolute atomic E-state index is 0.00346. The van der Waals surface area contributed by atoms with Gasteiger partial charge in [0.2, 0.25) is 5.91 Å². The van der Waals surface area contributed by atoms with Crippen molar-refractivity contribution in [3.63, 3.8) is 0 Å². The molecule has 2 aliphatic heterocycles. The van der Waals surface area contributed by atoms with Crippen LogP contribution in [0.5, 0.6) is 5.75 Å². The van der Waals surface area contributed by atoms with Gasteiger partial charge in [0.25, 0.3) is 0 Å². The molecule has 0 spiro atoms. The van der Waals surface area contributed by atoms with Crippen molar-refractivity contribution < 1.29 is 18.3 Å². The molecule has 1 saturated heterocycles. The molecule has 6 heteroatoms. The van der Waals surface area contributed by atoms with E-state index in [-0.39, 0.29) is 35.4 Å². The molecule has 3 atom stereocenters. The maximum absolute atomic E-state index is 14.0. The summed E-state index contributed by atoms with van der Waals surface area (Å²) in [4.78, 5) is 15.4. The lowest BCUT2D eigenvalue weighted by Crippen LogP contribution is -2.38. The van der Waals surface area contributed by atoms with Gasteiger partial charge in [-0.15, -0.1) is 0 Å². The normalized spacial score (nSPS) is 25.8. The van der Waals surface area contributed by atoms with Gasteiger partial charge in [-0.3, -0.25) is 9.69 Å². The van der Waals surface area contributed by atoms with E-state index >= 15 is 0 Å². The van der Waals surface area contributed by atoms with Crippen molar-refractivity contribution in [2.45, 2.75) is 25.4 Å². The summed E-state index contributed by atoms with van der Waals surface area (Å²) in [6.45, 7) is 2.42. The zero-order valence-electron chi connectivity index (χ0n) is 16.1. The fraction of sp³-hybridized carbons (Fsp3) is 0.435. The van der Waals surface area contributed by atoms with Gasteiger partial charge < -0.3 is 10.1 Å². The van der Waals surface area contributed by atoms with Crippen LogP contribution in [0.25, 0.3) is 0 Å². The summed E-state index contributed by atoms with van der Waals surface area (Å²) in [5, 5.41) is 3.00. The van der Waals surface area contributed by atoms with E-state index in [1.54, 1.807) is 24.3 Å². The van der Waals surface area contributed by atoms with Crippen LogP contribution in [0.15, 0.2) is 42.5 Å². The first-order valence-corrected chi connectivity index (χ1v) is 10.3. The topological polar surface area (TPSA) is 41.6 Å². The summed E-state index contributed by atoms with van der Waals surface area (Å²) in [6, 6.07) is 10.8. The average molecular weight is 398 g/mol. The van der Waals surface area contributed by atoms with Crippen LogP contribution in [0, 0.1) is 29.4 Å². The molecule has 29 heavy (non-hydrogen) atoms. The van der Waals surface area contributed by atoms with Gasteiger partial charge in [0.05, 0.1) is 12.5 Å². The molecular formula is C23H24F2N2O2. The molecule has 2 heterocycles. The van der Waals surface area contributed by atoms with Crippen LogP contribution in [-0.2, 0) is 11.3 Å². The number of rotatable bonds is 5. The Kier molecular flexibility index (Phi) is 4.74. The largest absolute Gasteiger partial charge is 0.493 e. The van der Waals surface area contributed by atoms with Crippen molar-refractivity contribution in [3.8, 4) is 5.75 Å². The molecule has 1 N–H and O–H groups in total. The fourth-order valence-corrected chi connectivity index (χ4v) is 4.72. The molecule has 5 rings (SSSR count). The zero-order chi connectivity index (χ0) is 20.0. The Morgan fingerprint density at radius 3 is 2.62 bits per heavy atom. The van der Waals surface area contributed by atoms with Crippen molar-refractivity contribution in [1.82, 2.24) is 10.2 Å². The molecule has 1 aliphatic carbocycles. The van der Waals surface area contributed by atoms with Crippen molar-refractivity contribution in [2.75, 3.05) is 19.7 Å². The van der Waals surface area contributed by atoms with E-state index in [0.717, 1.165) is 23.4 Å². The third-order valence-corrected chi connectivity index (χ3v) is 6.38. The van der Waals surface area contributed by atoms with Crippen LogP contribution in [0.3, 0.4) is 0 Å². The molecule has 2 fully saturated rings. The van der Waals surface area contributed by atoms with E-state index < -0.39 is 0 Å². The predicted octanol–water partition coefficient (Wildman–Crippen LogP) is 3.67. The highest BCUT2D eigenvalue weighted by molar-refractivity contribution is 5.80. The molecular weight excluding hydrogens is 374 g/mol. The summed E-state index contributed by atoms with van der Waals surface area (Å²) in [6.07, 6.45) is 2.45. The highest BCUT2D eigenvalue weighted by Crippen LogP contribution is 2.49. The van der Waals surface area contributed by atoms with Crippen molar-refractivity contribution >= 4 is 5.91 Å². The van der Waals surface area contributed by atoms with Crippen molar-refractivity contribution in [3.05, 3.63) is 65.2 Å². The Morgan fingerprint density at radius 2 is 1.86 bits per heavy atom. The van der Waals surface area contributed by atoms with Crippen LogP contribution in [0.2, 0.25) is 0 Å². The second-order valence-electron chi connectivity index (χ2n) is 8.45. The Hall–Kier alpha value is -2.47. The number of nitrogens with zero attached hydrogens (tertiary/aromatic N) is 1. The SMILES string of the molecule is O=C(NCc1ccc(F)cc1)[C@@H]1CN(CC2CC2)[C@H]2c3cc(F)ccc3OC[C@@H]12. The smallest absolute Gasteiger partial charge is 0.225 e. The van der Waals surface area contributed by atoms with Gasteiger partial charge in [0, 0.05) is 37.2 Å². The molecule has 2 aromatic rings. The second kappa shape index (κ2) is 7.41. The van der Waals surface area contributed by atoms with Gasteiger partial charge in [-0.05, 0) is 54.7 Å². The molecule has 2 aromatic carbocycles. The number of carbonyl (C=O) groups is 1. The first-order valence-electron chi connectivity index (χ1n) is 10.3. The summed E-state index contributed by atoms with van der Waals surface area (Å²) < 4.78 is 33.0. The molecule has 0 unspecified atom stereocenters. The van der Waals surface area contributed by atoms with E-state index in [2.05, 4.69) is 10.2 Å². The molecule has 4 nitrogen and oxygen atoms in total. The number of ether oxygens (including phenoxy) is 1. The van der Waals surface area contributed by atoms with Crippen LogP contribution < -0.4 is 10.1 Å². The Labute approximate surface area is 168 Å². The van der Waals surface area contributed by atoms with Crippen LogP contribution >= 0.6 is 0 Å². The number of hydrogen-bond acceptors (Lipinski definition) is 3. The molecule has 0 radical (unpaired) electrons. The minimum Gasteiger partial charge on any atom is -0.493 e. The Balaban J connectivity index is 1.35. The third kappa shape index (κ3) is 3.73. The summed E-state index contributed by atoms with van der Waals surface area (Å²) in [5.41, 5.74) is 1.71. The van der Waals surface area contributed by atoms with Gasteiger partial charge in [0.1, 0.15) is 17.4 Å². The maximum Gasteiger partial charge on any atom is 0.225 e. The summed E-state index contributed by atoms with van der Waals surface area (Å²) >= 11 is 0. The summed E-state index contributed by atoms with van der Waals surface area (Å²) in [5.74, 6) is 0.596. The van der Waals surface area contributed by atoms with E-state index in [0.29, 0.717) is 25.6 Å². The van der Waals surface area contributed by atoms with Gasteiger partial charge in [-0.1, -0.05) is 12.1 Å². The number of benzene rings is 2. The van der Waals surface area contributed by atoms with Gasteiger partial charge in [0.15, 0.2) is 0 Å². The first kappa shape index (κ1) is 18.6. The third-order valence-electron chi connectivity index (χ3n) is 6.38. The number of fused-ring (bicyclic) bond motifs is 3. The Morgan fingerprint density at radius 1 is 1.10 bits per heavy atom. The number of halogens is 2. The standard InChI is InChI=1S/C23H24F2N2O2/c24-16-5-3-14(4-6-16)10-26-23(28)19-12-27(11-15-1-2-15)22-18-9-17(25)7-8-21(18)29-13-20(19)22/h3-9,15,19-20,22H,1-2,10-13H2,(H,26,28)/t19-,20+,22+/m1/s1. The van der Waals surface area contributed by atoms with Crippen LogP contribution in [-0.4, -0.2) is 30.5 Å².